The van der Waals surface area contributed by atoms with Crippen molar-refractivity contribution in [2.45, 2.75) is 57.5 Å². The van der Waals surface area contributed by atoms with Gasteiger partial charge in [-0.25, -0.2) is 8.42 Å². The first kappa shape index (κ1) is 24.5. The minimum Gasteiger partial charge on any atom is -0.487 e. The molecule has 0 bridgehead atoms. The van der Waals surface area contributed by atoms with Gasteiger partial charge in [0.25, 0.3) is 0 Å². The van der Waals surface area contributed by atoms with Crippen molar-refractivity contribution >= 4 is 21.8 Å². The molecular formula is C22H34N4O5S. The molecule has 0 spiro atoms. The number of rotatable bonds is 8. The Kier molecular flexibility index (Phi) is 7.46. The number of hydrogen-bond acceptors (Lipinski definition) is 6. The average molecular weight is 467 g/mol. The smallest absolute Gasteiger partial charge is 0.245 e. The van der Waals surface area contributed by atoms with Crippen molar-refractivity contribution in [2.24, 2.45) is 5.92 Å². The number of benzene rings is 1. The Balaban J connectivity index is 1.87. The minimum atomic E-state index is -3.46. The molecule has 2 N–H and O–H groups in total. The molecule has 2 amide bonds. The molecule has 2 aliphatic heterocycles. The summed E-state index contributed by atoms with van der Waals surface area (Å²) in [6.45, 7) is 6.09. The van der Waals surface area contributed by atoms with Crippen molar-refractivity contribution in [3.63, 3.8) is 0 Å². The van der Waals surface area contributed by atoms with Gasteiger partial charge in [0, 0.05) is 6.54 Å². The Morgan fingerprint density at radius 3 is 2.38 bits per heavy atom. The fourth-order valence-corrected chi connectivity index (χ4v) is 5.64. The fourth-order valence-electron chi connectivity index (χ4n) is 4.50. The molecule has 10 heteroatoms. The summed E-state index contributed by atoms with van der Waals surface area (Å²) in [6.07, 6.45) is 1.22. The van der Waals surface area contributed by atoms with Gasteiger partial charge >= 0.3 is 0 Å². The summed E-state index contributed by atoms with van der Waals surface area (Å²) in [4.78, 5) is 27.8. The SMILES string of the molecule is CNC(C)C(=O)NC(C(=O)N1CCC2C1C(Oc1ccccc1)CN2S(C)(=O)=O)C(C)C. The largest absolute Gasteiger partial charge is 0.487 e. The lowest BCUT2D eigenvalue weighted by Gasteiger charge is -2.33. The van der Waals surface area contributed by atoms with E-state index in [0.717, 1.165) is 0 Å². The molecule has 5 atom stereocenters. The highest BCUT2D eigenvalue weighted by Gasteiger charge is 2.55. The molecule has 0 aliphatic carbocycles. The predicted octanol–water partition coefficient (Wildman–Crippen LogP) is 0.427. The number of hydrogen-bond donors (Lipinski definition) is 2. The first-order chi connectivity index (χ1) is 15.0. The van der Waals surface area contributed by atoms with Crippen LogP contribution in [0.25, 0.3) is 0 Å². The number of para-hydroxylation sites is 1. The number of fused-ring (bicyclic) bond motifs is 1. The Morgan fingerprint density at radius 1 is 1.16 bits per heavy atom. The number of carbonyl (C=O) groups is 2. The van der Waals surface area contributed by atoms with Crippen molar-refractivity contribution in [2.75, 3.05) is 26.4 Å². The van der Waals surface area contributed by atoms with Crippen LogP contribution in [-0.2, 0) is 19.6 Å². The van der Waals surface area contributed by atoms with E-state index in [0.29, 0.717) is 18.7 Å². The zero-order chi connectivity index (χ0) is 23.6. The second kappa shape index (κ2) is 9.76. The number of likely N-dealkylation sites (tertiary alicyclic amines) is 1. The lowest BCUT2D eigenvalue weighted by Crippen LogP contribution is -2.57. The van der Waals surface area contributed by atoms with Crippen LogP contribution >= 0.6 is 0 Å². The molecule has 0 aromatic heterocycles. The highest BCUT2D eigenvalue weighted by atomic mass is 32.2. The van der Waals surface area contributed by atoms with Gasteiger partial charge in [-0.05, 0) is 38.4 Å². The van der Waals surface area contributed by atoms with Crippen molar-refractivity contribution in [1.29, 1.82) is 0 Å². The summed E-state index contributed by atoms with van der Waals surface area (Å²) >= 11 is 0. The highest BCUT2D eigenvalue weighted by molar-refractivity contribution is 7.88. The molecular weight excluding hydrogens is 432 g/mol. The van der Waals surface area contributed by atoms with Crippen LogP contribution in [0.15, 0.2) is 30.3 Å². The van der Waals surface area contributed by atoms with Gasteiger partial charge in [-0.1, -0.05) is 32.0 Å². The summed E-state index contributed by atoms with van der Waals surface area (Å²) in [7, 11) is -1.78. The van der Waals surface area contributed by atoms with E-state index in [1.807, 2.05) is 44.2 Å². The Morgan fingerprint density at radius 2 is 1.81 bits per heavy atom. The highest BCUT2D eigenvalue weighted by Crippen LogP contribution is 2.36. The molecule has 1 aromatic carbocycles. The van der Waals surface area contributed by atoms with Crippen LogP contribution in [0.5, 0.6) is 5.75 Å². The number of likely N-dealkylation sites (N-methyl/N-ethyl adjacent to an activating group) is 1. The van der Waals surface area contributed by atoms with Crippen LogP contribution in [0.3, 0.4) is 0 Å². The first-order valence-corrected chi connectivity index (χ1v) is 12.9. The first-order valence-electron chi connectivity index (χ1n) is 11.0. The number of sulfonamides is 1. The lowest BCUT2D eigenvalue weighted by atomic mass is 10.0. The predicted molar refractivity (Wildman–Crippen MR) is 122 cm³/mol. The van der Waals surface area contributed by atoms with E-state index < -0.39 is 34.3 Å². The van der Waals surface area contributed by atoms with Crippen LogP contribution in [-0.4, -0.2) is 86.1 Å². The van der Waals surface area contributed by atoms with Gasteiger partial charge in [-0.2, -0.15) is 4.31 Å². The van der Waals surface area contributed by atoms with Crippen molar-refractivity contribution < 1.29 is 22.7 Å². The molecule has 1 aromatic rings. The van der Waals surface area contributed by atoms with E-state index in [9.17, 15) is 18.0 Å². The third kappa shape index (κ3) is 5.07. The third-order valence-electron chi connectivity index (χ3n) is 6.33. The van der Waals surface area contributed by atoms with Gasteiger partial charge in [0.05, 0.1) is 30.9 Å². The Hall–Kier alpha value is -2.17. The molecule has 3 rings (SSSR count). The van der Waals surface area contributed by atoms with E-state index in [2.05, 4.69) is 10.6 Å². The maximum atomic E-state index is 13.6. The van der Waals surface area contributed by atoms with Crippen LogP contribution in [0, 0.1) is 5.92 Å². The van der Waals surface area contributed by atoms with E-state index in [1.54, 1.807) is 18.9 Å². The van der Waals surface area contributed by atoms with Crippen molar-refractivity contribution in [3.8, 4) is 5.75 Å². The van der Waals surface area contributed by atoms with Crippen molar-refractivity contribution in [3.05, 3.63) is 30.3 Å². The van der Waals surface area contributed by atoms with Crippen LogP contribution < -0.4 is 15.4 Å². The van der Waals surface area contributed by atoms with E-state index in [-0.39, 0.29) is 30.3 Å². The molecule has 178 valence electrons. The fraction of sp³-hybridized carbons (Fsp3) is 0.636. The molecule has 2 aliphatic rings. The Labute approximate surface area is 190 Å². The topological polar surface area (TPSA) is 108 Å². The monoisotopic (exact) mass is 466 g/mol. The van der Waals surface area contributed by atoms with Crippen LogP contribution in [0.2, 0.25) is 0 Å². The molecule has 2 fully saturated rings. The Bertz CT molecular complexity index is 924. The molecule has 2 saturated heterocycles. The zero-order valence-corrected chi connectivity index (χ0v) is 20.1. The van der Waals surface area contributed by atoms with Gasteiger partial charge in [-0.3, -0.25) is 9.59 Å². The minimum absolute atomic E-state index is 0.129. The second-order valence-corrected chi connectivity index (χ2v) is 10.9. The molecule has 9 nitrogen and oxygen atoms in total. The molecule has 0 radical (unpaired) electrons. The van der Waals surface area contributed by atoms with Crippen LogP contribution in [0.1, 0.15) is 27.2 Å². The van der Waals surface area contributed by atoms with Gasteiger partial charge < -0.3 is 20.3 Å². The summed E-state index contributed by atoms with van der Waals surface area (Å²) in [6, 6.07) is 7.30. The summed E-state index contributed by atoms with van der Waals surface area (Å²) < 4.78 is 32.5. The van der Waals surface area contributed by atoms with E-state index in [4.69, 9.17) is 4.74 Å². The lowest BCUT2D eigenvalue weighted by molar-refractivity contribution is -0.139. The summed E-state index contributed by atoms with van der Waals surface area (Å²) in [5.41, 5.74) is 0. The summed E-state index contributed by atoms with van der Waals surface area (Å²) in [5.74, 6) is 0.0376. The van der Waals surface area contributed by atoms with Gasteiger partial charge in [0.1, 0.15) is 17.9 Å². The number of amides is 2. The molecule has 0 saturated carbocycles. The number of nitrogens with zero attached hydrogens (tertiary/aromatic N) is 2. The van der Waals surface area contributed by atoms with Crippen LogP contribution in [0.4, 0.5) is 0 Å². The van der Waals surface area contributed by atoms with Gasteiger partial charge in [0.15, 0.2) is 0 Å². The molecule has 32 heavy (non-hydrogen) atoms. The van der Waals surface area contributed by atoms with E-state index in [1.165, 1.54) is 10.6 Å². The molecule has 2 heterocycles. The van der Waals surface area contributed by atoms with Gasteiger partial charge in [-0.15, -0.1) is 0 Å². The standard InChI is InChI=1S/C22H34N4O5S/c1-14(2)19(24-21(27)15(3)23-4)22(28)25-12-11-17-20(25)18(13-26(17)32(5,29)30)31-16-9-7-6-8-10-16/h6-10,14-15,17-20,23H,11-13H2,1-5H3,(H,24,27). The summed E-state index contributed by atoms with van der Waals surface area (Å²) in [5, 5.41) is 5.75. The number of ether oxygens (including phenoxy) is 1. The normalized spacial score (nSPS) is 25.4. The van der Waals surface area contributed by atoms with E-state index >= 15 is 0 Å². The van der Waals surface area contributed by atoms with Crippen molar-refractivity contribution in [1.82, 2.24) is 19.8 Å². The quantitative estimate of drug-likeness (QED) is 0.575. The van der Waals surface area contributed by atoms with Gasteiger partial charge in [0.2, 0.25) is 21.8 Å². The molecule has 5 unspecified atom stereocenters. The second-order valence-electron chi connectivity index (χ2n) is 8.92. The average Bonchev–Trinajstić information content (AvgIpc) is 3.32. The maximum absolute atomic E-state index is 13.6. The third-order valence-corrected chi connectivity index (χ3v) is 7.60. The zero-order valence-electron chi connectivity index (χ0n) is 19.3. The number of carbonyl (C=O) groups excluding carboxylic acids is 2. The maximum Gasteiger partial charge on any atom is 0.245 e. The number of nitrogens with one attached hydrogen (secondary N) is 2.